The molecule has 1 aromatic heterocycles. The number of benzene rings is 3. The number of halogens is 1. The molecule has 2 N–H and O–H groups in total. The van der Waals surface area contributed by atoms with Gasteiger partial charge in [0, 0.05) is 11.6 Å². The smallest absolute Gasteiger partial charge is 0.256 e. The fourth-order valence-corrected chi connectivity index (χ4v) is 6.39. The molecular weight excluding hydrogens is 534 g/mol. The quantitative estimate of drug-likeness (QED) is 0.298. The van der Waals surface area contributed by atoms with Crippen molar-refractivity contribution < 1.29 is 9.90 Å². The van der Waals surface area contributed by atoms with E-state index in [-0.39, 0.29) is 17.5 Å². The molecule has 1 atom stereocenters. The van der Waals surface area contributed by atoms with Gasteiger partial charge in [0.1, 0.15) is 5.82 Å². The minimum absolute atomic E-state index is 0.126. The first-order valence-electron chi connectivity index (χ1n) is 14.5. The van der Waals surface area contributed by atoms with Gasteiger partial charge in [-0.2, -0.15) is 0 Å². The molecule has 7 rings (SSSR count). The number of carbonyl (C=O) groups is 1. The molecule has 6 nitrogen and oxygen atoms in total. The van der Waals surface area contributed by atoms with Gasteiger partial charge in [0.25, 0.3) is 11.5 Å². The second kappa shape index (κ2) is 10.3. The SMILES string of the molecule is O=C(C(O)c1cccc(-c2cccc(C3CC3)c2)c1)N1CCCc2nc(C3(c4cccc(Cl)c4)CC3)[nH]c(=O)c2C1. The summed E-state index contributed by atoms with van der Waals surface area (Å²) >= 11 is 6.26. The first-order chi connectivity index (χ1) is 19.9. The summed E-state index contributed by atoms with van der Waals surface area (Å²) in [5, 5.41) is 11.8. The number of fused-ring (bicyclic) bond motifs is 1. The molecule has 3 aromatic carbocycles. The van der Waals surface area contributed by atoms with Gasteiger partial charge in [-0.05, 0) is 90.5 Å². The normalized spacial score (nSPS) is 18.3. The predicted octanol–water partition coefficient (Wildman–Crippen LogP) is 6.06. The molecule has 7 heteroatoms. The summed E-state index contributed by atoms with van der Waals surface area (Å²) in [6, 6.07) is 23.8. The number of carbonyl (C=O) groups excluding carboxylic acids is 1. The number of rotatable bonds is 6. The zero-order chi connectivity index (χ0) is 28.1. The Bertz CT molecular complexity index is 1710. The Morgan fingerprint density at radius 2 is 1.78 bits per heavy atom. The molecular formula is C34H32ClN3O3. The fourth-order valence-electron chi connectivity index (χ4n) is 6.20. The van der Waals surface area contributed by atoms with Crippen LogP contribution in [-0.4, -0.2) is 32.4 Å². The van der Waals surface area contributed by atoms with Crippen LogP contribution in [0.25, 0.3) is 11.1 Å². The minimum atomic E-state index is -1.31. The number of hydrogen-bond donors (Lipinski definition) is 2. The lowest BCUT2D eigenvalue weighted by Gasteiger charge is -2.24. The number of H-pyrrole nitrogens is 1. The highest BCUT2D eigenvalue weighted by atomic mass is 35.5. The van der Waals surface area contributed by atoms with Crippen molar-refractivity contribution in [3.8, 4) is 11.1 Å². The number of nitrogens with zero attached hydrogens (tertiary/aromatic N) is 2. The van der Waals surface area contributed by atoms with Gasteiger partial charge in [-0.25, -0.2) is 4.98 Å². The van der Waals surface area contributed by atoms with Gasteiger partial charge < -0.3 is 15.0 Å². The van der Waals surface area contributed by atoms with Crippen molar-refractivity contribution in [1.82, 2.24) is 14.9 Å². The Labute approximate surface area is 244 Å². The maximum absolute atomic E-state index is 13.6. The van der Waals surface area contributed by atoms with Gasteiger partial charge in [-0.3, -0.25) is 9.59 Å². The third-order valence-corrected chi connectivity index (χ3v) is 9.12. The second-order valence-corrected chi connectivity index (χ2v) is 12.2. The van der Waals surface area contributed by atoms with Crippen LogP contribution in [0.5, 0.6) is 0 Å². The van der Waals surface area contributed by atoms with Crippen LogP contribution in [0.1, 0.15) is 77.9 Å². The van der Waals surface area contributed by atoms with E-state index in [0.717, 1.165) is 35.2 Å². The van der Waals surface area contributed by atoms with Crippen LogP contribution in [0, 0.1) is 0 Å². The predicted molar refractivity (Wildman–Crippen MR) is 159 cm³/mol. The molecule has 0 spiro atoms. The fraction of sp³-hybridized carbons (Fsp3) is 0.324. The highest BCUT2D eigenvalue weighted by Crippen LogP contribution is 2.52. The molecule has 4 aromatic rings. The third kappa shape index (κ3) is 5.00. The molecule has 3 aliphatic rings. The van der Waals surface area contributed by atoms with Crippen LogP contribution in [0.3, 0.4) is 0 Å². The molecule has 0 radical (unpaired) electrons. The van der Waals surface area contributed by atoms with Crippen LogP contribution in [0.15, 0.2) is 77.6 Å². The zero-order valence-corrected chi connectivity index (χ0v) is 23.5. The molecule has 1 aliphatic heterocycles. The van der Waals surface area contributed by atoms with Crippen molar-refractivity contribution in [2.45, 2.75) is 62.5 Å². The molecule has 0 bridgehead atoms. The maximum Gasteiger partial charge on any atom is 0.256 e. The highest BCUT2D eigenvalue weighted by molar-refractivity contribution is 6.30. The molecule has 208 valence electrons. The van der Waals surface area contributed by atoms with Crippen LogP contribution in [-0.2, 0) is 23.2 Å². The van der Waals surface area contributed by atoms with Gasteiger partial charge in [-0.1, -0.05) is 66.2 Å². The molecule has 2 aliphatic carbocycles. The van der Waals surface area contributed by atoms with Crippen LogP contribution >= 0.6 is 11.6 Å². The molecule has 41 heavy (non-hydrogen) atoms. The summed E-state index contributed by atoms with van der Waals surface area (Å²) in [5.74, 6) is 0.922. The number of aliphatic hydroxyl groups excluding tert-OH is 1. The summed E-state index contributed by atoms with van der Waals surface area (Å²) in [6.45, 7) is 0.574. The summed E-state index contributed by atoms with van der Waals surface area (Å²) in [7, 11) is 0. The van der Waals surface area contributed by atoms with Crippen LogP contribution < -0.4 is 5.56 Å². The number of aryl methyl sites for hydroxylation is 1. The van der Waals surface area contributed by atoms with Gasteiger partial charge in [0.05, 0.1) is 23.2 Å². The standard InChI is InChI=1S/C34H32ClN3O3/c35-27-10-3-9-26(19-27)34(14-15-34)33-36-29-11-4-16-38(20-28(29)31(40)37-33)32(41)30(39)25-8-2-7-24(18-25)23-6-1-5-22(17-23)21-12-13-21/h1-3,5-10,17-19,21,30,39H,4,11-16,20H2,(H,36,37,40). The van der Waals surface area contributed by atoms with E-state index in [4.69, 9.17) is 16.6 Å². The van der Waals surface area contributed by atoms with Crippen molar-refractivity contribution in [3.05, 3.63) is 122 Å². The van der Waals surface area contributed by atoms with E-state index in [2.05, 4.69) is 29.2 Å². The van der Waals surface area contributed by atoms with Crippen molar-refractivity contribution in [3.63, 3.8) is 0 Å². The maximum atomic E-state index is 13.6. The topological polar surface area (TPSA) is 86.3 Å². The van der Waals surface area contributed by atoms with Crippen molar-refractivity contribution in [2.24, 2.45) is 0 Å². The van der Waals surface area contributed by atoms with Gasteiger partial charge in [0.15, 0.2) is 6.10 Å². The average molecular weight is 566 g/mol. The molecule has 0 saturated heterocycles. The Morgan fingerprint density at radius 1 is 1.02 bits per heavy atom. The van der Waals surface area contributed by atoms with E-state index in [1.54, 1.807) is 11.0 Å². The number of aliphatic hydroxyl groups is 1. The molecule has 1 unspecified atom stereocenters. The lowest BCUT2D eigenvalue weighted by atomic mass is 9.94. The number of nitrogens with one attached hydrogen (secondary N) is 1. The minimum Gasteiger partial charge on any atom is -0.378 e. The lowest BCUT2D eigenvalue weighted by Crippen LogP contribution is -2.36. The number of hydrogen-bond acceptors (Lipinski definition) is 4. The largest absolute Gasteiger partial charge is 0.378 e. The first kappa shape index (κ1) is 26.2. The number of amides is 1. The second-order valence-electron chi connectivity index (χ2n) is 11.7. The third-order valence-electron chi connectivity index (χ3n) is 8.89. The van der Waals surface area contributed by atoms with Gasteiger partial charge >= 0.3 is 0 Å². The first-order valence-corrected chi connectivity index (χ1v) is 14.8. The lowest BCUT2D eigenvalue weighted by molar-refractivity contribution is -0.141. The van der Waals surface area contributed by atoms with E-state index in [9.17, 15) is 14.7 Å². The Morgan fingerprint density at radius 3 is 2.54 bits per heavy atom. The highest BCUT2D eigenvalue weighted by Gasteiger charge is 2.49. The van der Waals surface area contributed by atoms with E-state index < -0.39 is 12.0 Å². The van der Waals surface area contributed by atoms with E-state index in [1.165, 1.54) is 18.4 Å². The van der Waals surface area contributed by atoms with Gasteiger partial charge in [-0.15, -0.1) is 0 Å². The van der Waals surface area contributed by atoms with Crippen molar-refractivity contribution in [1.29, 1.82) is 0 Å². The molecule has 2 fully saturated rings. The van der Waals surface area contributed by atoms with E-state index >= 15 is 0 Å². The Kier molecular flexibility index (Phi) is 6.56. The number of aromatic amines is 1. The summed E-state index contributed by atoms with van der Waals surface area (Å²) in [5.41, 5.74) is 5.70. The van der Waals surface area contributed by atoms with E-state index in [0.29, 0.717) is 47.3 Å². The summed E-state index contributed by atoms with van der Waals surface area (Å²) in [4.78, 5) is 36.5. The van der Waals surface area contributed by atoms with Gasteiger partial charge in [0.2, 0.25) is 0 Å². The summed E-state index contributed by atoms with van der Waals surface area (Å²) < 4.78 is 0. The number of aromatic nitrogens is 2. The molecule has 2 saturated carbocycles. The summed E-state index contributed by atoms with van der Waals surface area (Å²) in [6.07, 6.45) is 4.22. The average Bonchev–Trinajstić information content (AvgIpc) is 3.90. The van der Waals surface area contributed by atoms with E-state index in [1.807, 2.05) is 42.5 Å². The van der Waals surface area contributed by atoms with Crippen LogP contribution in [0.2, 0.25) is 5.02 Å². The zero-order valence-electron chi connectivity index (χ0n) is 22.8. The van der Waals surface area contributed by atoms with Crippen molar-refractivity contribution >= 4 is 17.5 Å². The Balaban J connectivity index is 1.12. The monoisotopic (exact) mass is 565 g/mol. The molecule has 1 amide bonds. The Hall–Kier alpha value is -3.74. The molecule has 2 heterocycles. The van der Waals surface area contributed by atoms with Crippen LogP contribution in [0.4, 0.5) is 0 Å². The van der Waals surface area contributed by atoms with Crippen molar-refractivity contribution in [2.75, 3.05) is 6.54 Å².